The van der Waals surface area contributed by atoms with Gasteiger partial charge in [-0.25, -0.2) is 9.37 Å². The Kier molecular flexibility index (Phi) is 4.49. The van der Waals surface area contributed by atoms with Crippen molar-refractivity contribution in [2.75, 3.05) is 0 Å². The summed E-state index contributed by atoms with van der Waals surface area (Å²) in [6, 6.07) is 16.5. The van der Waals surface area contributed by atoms with Gasteiger partial charge >= 0.3 is 0 Å². The Hall–Kier alpha value is -3.37. The number of pyridine rings is 1. The lowest BCUT2D eigenvalue weighted by Crippen LogP contribution is -1.92. The molecule has 0 aliphatic carbocycles. The second-order valence-corrected chi connectivity index (χ2v) is 6.78. The van der Waals surface area contributed by atoms with E-state index in [9.17, 15) is 14.6 Å². The number of aromatic hydroxyl groups is 2. The fourth-order valence-electron chi connectivity index (χ4n) is 3.11. The van der Waals surface area contributed by atoms with Crippen LogP contribution in [0.2, 0.25) is 5.02 Å². The first kappa shape index (κ1) is 18.0. The summed E-state index contributed by atoms with van der Waals surface area (Å²) in [5.41, 5.74) is 4.22. The maximum absolute atomic E-state index is 13.8. The standard InChI is InChI=1S/C23H15ClFNO2/c1-2-13-12-21(15-5-8-22(28)20(25)11-15)26-23-18(13)9-16(10-19(23)24)14-3-6-17(27)7-4-14/h2-12,27-28H,1H2. The number of halogens is 2. The first-order valence-corrected chi connectivity index (χ1v) is 8.89. The molecule has 0 saturated carbocycles. The first-order chi connectivity index (χ1) is 13.5. The van der Waals surface area contributed by atoms with Gasteiger partial charge in [0.15, 0.2) is 11.6 Å². The molecule has 0 atom stereocenters. The molecule has 138 valence electrons. The highest BCUT2D eigenvalue weighted by Gasteiger charge is 2.13. The number of nitrogens with zero attached hydrogens (tertiary/aromatic N) is 1. The first-order valence-electron chi connectivity index (χ1n) is 8.51. The van der Waals surface area contributed by atoms with E-state index in [-0.39, 0.29) is 5.75 Å². The van der Waals surface area contributed by atoms with Gasteiger partial charge in [0, 0.05) is 10.9 Å². The summed E-state index contributed by atoms with van der Waals surface area (Å²) in [5, 5.41) is 20.2. The van der Waals surface area contributed by atoms with E-state index in [1.54, 1.807) is 48.5 Å². The number of phenols is 2. The number of rotatable bonds is 3. The van der Waals surface area contributed by atoms with Gasteiger partial charge in [-0.1, -0.05) is 36.4 Å². The molecule has 28 heavy (non-hydrogen) atoms. The van der Waals surface area contributed by atoms with Crippen LogP contribution in [0.15, 0.2) is 67.2 Å². The summed E-state index contributed by atoms with van der Waals surface area (Å²) in [5.74, 6) is -0.937. The van der Waals surface area contributed by atoms with E-state index in [1.165, 1.54) is 12.1 Å². The van der Waals surface area contributed by atoms with E-state index in [0.29, 0.717) is 21.8 Å². The SMILES string of the molecule is C=Cc1cc(-c2ccc(O)c(F)c2)nc2c(Cl)cc(-c3ccc(O)cc3)cc12. The van der Waals surface area contributed by atoms with Gasteiger partial charge in [0.1, 0.15) is 5.75 Å². The molecule has 4 aromatic rings. The third-order valence-electron chi connectivity index (χ3n) is 4.56. The molecule has 0 saturated heterocycles. The van der Waals surface area contributed by atoms with Gasteiger partial charge in [0.2, 0.25) is 0 Å². The smallest absolute Gasteiger partial charge is 0.165 e. The highest BCUT2D eigenvalue weighted by atomic mass is 35.5. The largest absolute Gasteiger partial charge is 0.508 e. The Bertz CT molecular complexity index is 1220. The lowest BCUT2D eigenvalue weighted by atomic mass is 9.99. The van der Waals surface area contributed by atoms with E-state index in [0.717, 1.165) is 22.1 Å². The fraction of sp³-hybridized carbons (Fsp3) is 0. The molecule has 0 radical (unpaired) electrons. The molecule has 0 unspecified atom stereocenters. The van der Waals surface area contributed by atoms with Crippen LogP contribution in [0.3, 0.4) is 0 Å². The van der Waals surface area contributed by atoms with E-state index >= 15 is 0 Å². The summed E-state index contributed by atoms with van der Waals surface area (Å²) in [6.45, 7) is 3.87. The number of aromatic nitrogens is 1. The van der Waals surface area contributed by atoms with Gasteiger partial charge in [-0.15, -0.1) is 0 Å². The molecule has 3 nitrogen and oxygen atoms in total. The van der Waals surface area contributed by atoms with Gasteiger partial charge in [-0.3, -0.25) is 0 Å². The molecule has 3 aromatic carbocycles. The fourth-order valence-corrected chi connectivity index (χ4v) is 3.38. The zero-order chi connectivity index (χ0) is 19.8. The normalized spacial score (nSPS) is 10.9. The molecule has 0 fully saturated rings. The van der Waals surface area contributed by atoms with Crippen LogP contribution in [0.25, 0.3) is 39.4 Å². The Morgan fingerprint density at radius 3 is 2.29 bits per heavy atom. The molecule has 5 heteroatoms. The quantitative estimate of drug-likeness (QED) is 0.424. The zero-order valence-corrected chi connectivity index (χ0v) is 15.4. The van der Waals surface area contributed by atoms with Crippen molar-refractivity contribution in [2.45, 2.75) is 0 Å². The van der Waals surface area contributed by atoms with Crippen LogP contribution in [0.1, 0.15) is 5.56 Å². The third-order valence-corrected chi connectivity index (χ3v) is 4.85. The highest BCUT2D eigenvalue weighted by Crippen LogP contribution is 2.35. The van der Waals surface area contributed by atoms with Gasteiger partial charge in [-0.2, -0.15) is 0 Å². The van der Waals surface area contributed by atoms with Crippen LogP contribution in [-0.4, -0.2) is 15.2 Å². The maximum Gasteiger partial charge on any atom is 0.165 e. The summed E-state index contributed by atoms with van der Waals surface area (Å²) >= 11 is 6.53. The molecule has 2 N–H and O–H groups in total. The topological polar surface area (TPSA) is 53.4 Å². The van der Waals surface area contributed by atoms with Crippen molar-refractivity contribution in [3.8, 4) is 33.9 Å². The lowest BCUT2D eigenvalue weighted by molar-refractivity contribution is 0.432. The van der Waals surface area contributed by atoms with Crippen molar-refractivity contribution >= 4 is 28.6 Å². The third kappa shape index (κ3) is 3.19. The summed E-state index contributed by atoms with van der Waals surface area (Å²) < 4.78 is 13.8. The Morgan fingerprint density at radius 2 is 1.61 bits per heavy atom. The summed E-state index contributed by atoms with van der Waals surface area (Å²) in [4.78, 5) is 4.61. The minimum atomic E-state index is -0.715. The number of benzene rings is 3. The maximum atomic E-state index is 13.8. The van der Waals surface area contributed by atoms with Crippen LogP contribution in [-0.2, 0) is 0 Å². The summed E-state index contributed by atoms with van der Waals surface area (Å²) in [7, 11) is 0. The average molecular weight is 392 g/mol. The molecule has 0 aliphatic rings. The molecule has 1 aromatic heterocycles. The van der Waals surface area contributed by atoms with E-state index < -0.39 is 11.6 Å². The summed E-state index contributed by atoms with van der Waals surface area (Å²) in [6.07, 6.45) is 1.70. The van der Waals surface area contributed by atoms with E-state index in [4.69, 9.17) is 11.6 Å². The number of fused-ring (bicyclic) bond motifs is 1. The second kappa shape index (κ2) is 6.98. The van der Waals surface area contributed by atoms with Gasteiger partial charge in [0.25, 0.3) is 0 Å². The van der Waals surface area contributed by atoms with Gasteiger partial charge < -0.3 is 10.2 Å². The minimum absolute atomic E-state index is 0.190. The number of phenolic OH excluding ortho intramolecular Hbond substituents is 2. The molecule has 0 aliphatic heterocycles. The molecule has 4 rings (SSSR count). The lowest BCUT2D eigenvalue weighted by Gasteiger charge is -2.11. The number of hydrogen-bond acceptors (Lipinski definition) is 3. The molecule has 1 heterocycles. The van der Waals surface area contributed by atoms with Crippen molar-refractivity contribution in [3.63, 3.8) is 0 Å². The molecular formula is C23H15ClFNO2. The minimum Gasteiger partial charge on any atom is -0.508 e. The van der Waals surface area contributed by atoms with Crippen molar-refractivity contribution < 1.29 is 14.6 Å². The monoisotopic (exact) mass is 391 g/mol. The zero-order valence-electron chi connectivity index (χ0n) is 14.7. The molecule has 0 amide bonds. The van der Waals surface area contributed by atoms with Crippen LogP contribution in [0.5, 0.6) is 11.5 Å². The van der Waals surface area contributed by atoms with Crippen molar-refractivity contribution in [1.29, 1.82) is 0 Å². The Morgan fingerprint density at radius 1 is 0.893 bits per heavy atom. The molecule has 0 spiro atoms. The second-order valence-electron chi connectivity index (χ2n) is 6.37. The van der Waals surface area contributed by atoms with E-state index in [2.05, 4.69) is 11.6 Å². The predicted molar refractivity (Wildman–Crippen MR) is 111 cm³/mol. The van der Waals surface area contributed by atoms with Crippen molar-refractivity contribution in [1.82, 2.24) is 4.98 Å². The van der Waals surface area contributed by atoms with Crippen molar-refractivity contribution in [3.05, 3.63) is 83.6 Å². The average Bonchev–Trinajstić information content (AvgIpc) is 2.70. The Balaban J connectivity index is 1.92. The molecular weight excluding hydrogens is 377 g/mol. The van der Waals surface area contributed by atoms with Crippen LogP contribution in [0.4, 0.5) is 4.39 Å². The van der Waals surface area contributed by atoms with Gasteiger partial charge in [-0.05, 0) is 65.2 Å². The number of hydrogen-bond donors (Lipinski definition) is 2. The van der Waals surface area contributed by atoms with Crippen molar-refractivity contribution in [2.24, 2.45) is 0 Å². The van der Waals surface area contributed by atoms with Crippen LogP contribution >= 0.6 is 11.6 Å². The molecule has 0 bridgehead atoms. The van der Waals surface area contributed by atoms with Crippen LogP contribution < -0.4 is 0 Å². The van der Waals surface area contributed by atoms with E-state index in [1.807, 2.05) is 6.07 Å². The van der Waals surface area contributed by atoms with Crippen LogP contribution in [0, 0.1) is 5.82 Å². The Labute approximate surface area is 166 Å². The predicted octanol–water partition coefficient (Wildman–Crippen LogP) is 6.42. The van der Waals surface area contributed by atoms with Gasteiger partial charge in [0.05, 0.1) is 16.2 Å². The highest BCUT2D eigenvalue weighted by molar-refractivity contribution is 6.35.